The van der Waals surface area contributed by atoms with E-state index in [1.54, 1.807) is 0 Å². The van der Waals surface area contributed by atoms with Gasteiger partial charge in [0.2, 0.25) is 5.91 Å². The topological polar surface area (TPSA) is 271 Å². The van der Waals surface area contributed by atoms with Crippen LogP contribution in [0.15, 0.2) is 0 Å². The Balaban J connectivity index is 1.80. The van der Waals surface area contributed by atoms with Gasteiger partial charge in [-0.15, -0.1) is 11.6 Å². The van der Waals surface area contributed by atoms with E-state index in [-0.39, 0.29) is 31.8 Å². The molecule has 15 nitrogen and oxygen atoms in total. The van der Waals surface area contributed by atoms with Gasteiger partial charge in [-0.1, -0.05) is 0 Å². The van der Waals surface area contributed by atoms with Crippen molar-refractivity contribution in [1.82, 2.24) is 5.32 Å². The van der Waals surface area contributed by atoms with E-state index < -0.39 is 91.5 Å². The summed E-state index contributed by atoms with van der Waals surface area (Å²) in [6, 6.07) is -2.92. The highest BCUT2D eigenvalue weighted by Gasteiger charge is 2.51. The molecule has 14 N–H and O–H groups in total. The Kier molecular flexibility index (Phi) is 11.9. The fourth-order valence-corrected chi connectivity index (χ4v) is 5.25. The summed E-state index contributed by atoms with van der Waals surface area (Å²) >= 11 is 5.87. The first-order valence-corrected chi connectivity index (χ1v) is 13.4. The third-order valence-corrected chi connectivity index (χ3v) is 7.59. The number of alkyl halides is 1. The van der Waals surface area contributed by atoms with Gasteiger partial charge < -0.3 is 72.7 Å². The van der Waals surface area contributed by atoms with Crippen LogP contribution in [0.5, 0.6) is 0 Å². The maximum absolute atomic E-state index is 12.6. The van der Waals surface area contributed by atoms with Crippen molar-refractivity contribution in [3.63, 3.8) is 0 Å². The summed E-state index contributed by atoms with van der Waals surface area (Å²) in [4.78, 5) is 12.6. The minimum Gasteiger partial charge on any atom is -0.390 e. The van der Waals surface area contributed by atoms with E-state index in [0.29, 0.717) is 12.8 Å². The van der Waals surface area contributed by atoms with E-state index in [4.69, 9.17) is 53.5 Å². The highest BCUT2D eigenvalue weighted by atomic mass is 35.5. The van der Waals surface area contributed by atoms with Crippen LogP contribution >= 0.6 is 11.6 Å². The van der Waals surface area contributed by atoms with E-state index >= 15 is 0 Å². The molecule has 3 rings (SSSR count). The molecule has 0 aromatic carbocycles. The number of ether oxygens (including phenoxy) is 4. The second-order valence-electron chi connectivity index (χ2n) is 10.0. The zero-order valence-electron chi connectivity index (χ0n) is 21.0. The molecule has 1 aliphatic carbocycles. The summed E-state index contributed by atoms with van der Waals surface area (Å²) in [6.45, 7) is 0.134. The molecule has 1 saturated carbocycles. The number of hydrogen-bond donors (Lipinski definition) is 10. The summed E-state index contributed by atoms with van der Waals surface area (Å²) < 4.78 is 23.3. The van der Waals surface area contributed by atoms with Gasteiger partial charge in [0.05, 0.1) is 36.3 Å². The summed E-state index contributed by atoms with van der Waals surface area (Å²) in [7, 11) is 0. The van der Waals surface area contributed by atoms with E-state index in [1.165, 1.54) is 0 Å². The first-order chi connectivity index (χ1) is 18.0. The van der Waals surface area contributed by atoms with E-state index in [9.17, 15) is 30.3 Å². The lowest BCUT2D eigenvalue weighted by atomic mass is 9.83. The molecule has 38 heavy (non-hydrogen) atoms. The standard InChI is InChI=1S/C22H42ClN5O10/c23-6-12-16(31)15(27)17(32)22(36-12)38-20-9(28-21(34)11(30)3-4-24)5-8(26)19(18(20)33)37-14-2-1-10(29)13(7-25)35-14/h8-20,22,29-33H,1-7,24-27H2,(H,28,34)/t8-,9+,10-,11-,12+,13+,14+,15-,16+,17+,18-,19+,20-,22+/m0/s1. The number of aliphatic hydroxyl groups is 5. The highest BCUT2D eigenvalue weighted by molar-refractivity contribution is 6.18. The number of amides is 1. The van der Waals surface area contributed by atoms with Crippen molar-refractivity contribution >= 4 is 17.5 Å². The van der Waals surface area contributed by atoms with Crippen molar-refractivity contribution < 1.29 is 49.3 Å². The lowest BCUT2D eigenvalue weighted by Gasteiger charge is -2.48. The van der Waals surface area contributed by atoms with Crippen LogP contribution in [0.2, 0.25) is 0 Å². The minimum absolute atomic E-state index is 0.00615. The Hall–Kier alpha value is -0.760. The molecule has 0 spiro atoms. The summed E-state index contributed by atoms with van der Waals surface area (Å²) in [5.41, 5.74) is 23.4. The average Bonchev–Trinajstić information content (AvgIpc) is 2.89. The molecule has 0 radical (unpaired) electrons. The quantitative estimate of drug-likeness (QED) is 0.110. The van der Waals surface area contributed by atoms with Crippen molar-refractivity contribution in [2.75, 3.05) is 19.0 Å². The van der Waals surface area contributed by atoms with Crippen LogP contribution in [0.1, 0.15) is 25.7 Å². The average molecular weight is 572 g/mol. The molecular weight excluding hydrogens is 530 g/mol. The van der Waals surface area contributed by atoms with Crippen molar-refractivity contribution in [3.05, 3.63) is 0 Å². The van der Waals surface area contributed by atoms with Gasteiger partial charge in [0.25, 0.3) is 0 Å². The molecule has 0 bridgehead atoms. The van der Waals surface area contributed by atoms with E-state index in [2.05, 4.69) is 5.32 Å². The Bertz CT molecular complexity index is 759. The largest absolute Gasteiger partial charge is 0.390 e. The van der Waals surface area contributed by atoms with Crippen LogP contribution in [0.3, 0.4) is 0 Å². The van der Waals surface area contributed by atoms with Crippen molar-refractivity contribution in [2.24, 2.45) is 22.9 Å². The van der Waals surface area contributed by atoms with Crippen LogP contribution < -0.4 is 28.3 Å². The van der Waals surface area contributed by atoms with Gasteiger partial charge in [0, 0.05) is 19.0 Å². The molecule has 222 valence electrons. The van der Waals surface area contributed by atoms with Crippen LogP contribution in [-0.4, -0.2) is 136 Å². The first-order valence-electron chi connectivity index (χ1n) is 12.8. The molecule has 0 unspecified atom stereocenters. The number of carbonyl (C=O) groups excluding carboxylic acids is 1. The fourth-order valence-electron chi connectivity index (χ4n) is 5.00. The normalized spacial score (nSPS) is 44.9. The number of nitrogens with two attached hydrogens (primary N) is 4. The monoisotopic (exact) mass is 571 g/mol. The molecule has 2 aliphatic heterocycles. The maximum atomic E-state index is 12.6. The summed E-state index contributed by atoms with van der Waals surface area (Å²) in [5, 5.41) is 54.9. The highest BCUT2D eigenvalue weighted by Crippen LogP contribution is 2.32. The smallest absolute Gasteiger partial charge is 0.249 e. The first kappa shape index (κ1) is 31.8. The van der Waals surface area contributed by atoms with Crippen LogP contribution in [-0.2, 0) is 23.7 Å². The van der Waals surface area contributed by atoms with Crippen LogP contribution in [0, 0.1) is 0 Å². The lowest BCUT2D eigenvalue weighted by molar-refractivity contribution is -0.309. The number of carbonyl (C=O) groups is 1. The van der Waals surface area contributed by atoms with Crippen molar-refractivity contribution in [2.45, 2.75) is 111 Å². The Labute approximate surface area is 225 Å². The molecule has 0 aromatic heterocycles. The Morgan fingerprint density at radius 1 is 1.00 bits per heavy atom. The molecule has 14 atom stereocenters. The number of hydrogen-bond acceptors (Lipinski definition) is 14. The van der Waals surface area contributed by atoms with Gasteiger partial charge in [-0.05, 0) is 25.8 Å². The Morgan fingerprint density at radius 2 is 1.71 bits per heavy atom. The predicted octanol–water partition coefficient (Wildman–Crippen LogP) is -5.12. The fraction of sp³-hybridized carbons (Fsp3) is 0.955. The molecule has 0 aromatic rings. The van der Waals surface area contributed by atoms with Crippen molar-refractivity contribution in [3.8, 4) is 0 Å². The number of halogens is 1. The number of rotatable bonds is 10. The van der Waals surface area contributed by atoms with Gasteiger partial charge >= 0.3 is 0 Å². The molecule has 2 heterocycles. The molecule has 2 saturated heterocycles. The molecule has 16 heteroatoms. The number of aliphatic hydroxyl groups excluding tert-OH is 5. The summed E-state index contributed by atoms with van der Waals surface area (Å²) in [5.74, 6) is -0.900. The third kappa shape index (κ3) is 7.30. The second-order valence-corrected chi connectivity index (χ2v) is 10.3. The van der Waals surface area contributed by atoms with Crippen LogP contribution in [0.4, 0.5) is 0 Å². The molecule has 1 amide bonds. The third-order valence-electron chi connectivity index (χ3n) is 7.28. The van der Waals surface area contributed by atoms with Gasteiger partial charge in [0.15, 0.2) is 12.6 Å². The van der Waals surface area contributed by atoms with Crippen molar-refractivity contribution in [1.29, 1.82) is 0 Å². The second kappa shape index (κ2) is 14.2. The predicted molar refractivity (Wildman–Crippen MR) is 132 cm³/mol. The van der Waals surface area contributed by atoms with Gasteiger partial charge in [-0.25, -0.2) is 0 Å². The zero-order valence-corrected chi connectivity index (χ0v) is 21.8. The summed E-state index contributed by atoms with van der Waals surface area (Å²) in [6.07, 6.45) is -11.8. The van der Waals surface area contributed by atoms with Gasteiger partial charge in [-0.3, -0.25) is 4.79 Å². The minimum atomic E-state index is -1.50. The Morgan fingerprint density at radius 3 is 2.34 bits per heavy atom. The van der Waals surface area contributed by atoms with E-state index in [0.717, 1.165) is 0 Å². The van der Waals surface area contributed by atoms with E-state index in [1.807, 2.05) is 0 Å². The molecule has 3 aliphatic rings. The molecule has 3 fully saturated rings. The maximum Gasteiger partial charge on any atom is 0.249 e. The lowest BCUT2D eigenvalue weighted by Crippen LogP contribution is -2.68. The van der Waals surface area contributed by atoms with Gasteiger partial charge in [0.1, 0.15) is 36.6 Å². The zero-order chi connectivity index (χ0) is 28.1. The SMILES string of the molecule is NCC[C@H](O)C(=O)N[C@@H]1C[C@H](N)[C@@H](O[C@@H]2CC[C@H](O)[C@@H](CN)O2)[C@H](O)[C@H]1O[C@H]1O[C@H](CCl)[C@@H](O)[C@H](N)[C@H]1O. The van der Waals surface area contributed by atoms with Gasteiger partial charge in [-0.2, -0.15) is 0 Å². The van der Waals surface area contributed by atoms with Crippen LogP contribution in [0.25, 0.3) is 0 Å². The molecular formula is C22H42ClN5O10. The number of nitrogens with one attached hydrogen (secondary N) is 1.